The van der Waals surface area contributed by atoms with Gasteiger partial charge in [-0.1, -0.05) is 39.2 Å². The molecule has 2 aromatic carbocycles. The third-order valence-corrected chi connectivity index (χ3v) is 4.70. The quantitative estimate of drug-likeness (QED) is 0.316. The molecule has 0 fully saturated rings. The fraction of sp³-hybridized carbons (Fsp3) is 0.375. The molecule has 0 unspecified atom stereocenters. The molecule has 2 aromatic rings. The molecule has 3 N–H and O–H groups in total. The summed E-state index contributed by atoms with van der Waals surface area (Å²) in [5.41, 5.74) is 1.83. The van der Waals surface area contributed by atoms with E-state index in [1.807, 2.05) is 6.92 Å². The van der Waals surface area contributed by atoms with E-state index < -0.39 is 0 Å². The molecule has 0 aromatic heterocycles. The number of carbonyl (C=O) groups is 2. The van der Waals surface area contributed by atoms with Crippen molar-refractivity contribution in [2.24, 2.45) is 0 Å². The summed E-state index contributed by atoms with van der Waals surface area (Å²) in [6.45, 7) is 4.81. The Morgan fingerprint density at radius 3 is 2.29 bits per heavy atom. The van der Waals surface area contributed by atoms with Crippen molar-refractivity contribution >= 4 is 40.5 Å². The van der Waals surface area contributed by atoms with Gasteiger partial charge in [0.05, 0.1) is 6.61 Å². The van der Waals surface area contributed by atoms with Crippen molar-refractivity contribution in [2.75, 3.05) is 17.2 Å². The smallest absolute Gasteiger partial charge is 0.257 e. The van der Waals surface area contributed by atoms with Gasteiger partial charge in [-0.15, -0.1) is 0 Å². The molecule has 0 saturated carbocycles. The molecule has 7 heteroatoms. The monoisotopic (exact) mass is 441 g/mol. The maximum absolute atomic E-state index is 12.4. The topological polar surface area (TPSA) is 79.5 Å². The zero-order chi connectivity index (χ0) is 22.5. The van der Waals surface area contributed by atoms with Gasteiger partial charge in [-0.25, -0.2) is 0 Å². The van der Waals surface area contributed by atoms with E-state index in [1.54, 1.807) is 48.5 Å². The van der Waals surface area contributed by atoms with Gasteiger partial charge in [-0.05, 0) is 67.5 Å². The fourth-order valence-electron chi connectivity index (χ4n) is 2.88. The number of carbonyl (C=O) groups excluding carboxylic acids is 2. The number of benzene rings is 2. The molecule has 166 valence electrons. The molecule has 0 bridgehead atoms. The molecule has 0 heterocycles. The van der Waals surface area contributed by atoms with Crippen LogP contribution in [0.4, 0.5) is 11.4 Å². The Kier molecular flexibility index (Phi) is 10.5. The van der Waals surface area contributed by atoms with Crippen LogP contribution in [0.2, 0.25) is 0 Å². The normalized spacial score (nSPS) is 10.3. The van der Waals surface area contributed by atoms with E-state index in [9.17, 15) is 9.59 Å². The van der Waals surface area contributed by atoms with E-state index in [-0.39, 0.29) is 16.9 Å². The van der Waals surface area contributed by atoms with Crippen LogP contribution in [0.1, 0.15) is 62.7 Å². The summed E-state index contributed by atoms with van der Waals surface area (Å²) < 4.78 is 5.70. The Bertz CT molecular complexity index is 869. The third kappa shape index (κ3) is 9.17. The fourth-order valence-corrected chi connectivity index (χ4v) is 3.09. The summed E-state index contributed by atoms with van der Waals surface area (Å²) in [5.74, 6) is 0.402. The molecule has 2 amide bonds. The van der Waals surface area contributed by atoms with E-state index in [4.69, 9.17) is 17.0 Å². The average Bonchev–Trinajstić information content (AvgIpc) is 2.74. The first-order chi connectivity index (χ1) is 15.0. The number of rotatable bonds is 11. The van der Waals surface area contributed by atoms with E-state index in [2.05, 4.69) is 22.9 Å². The van der Waals surface area contributed by atoms with Crippen LogP contribution in [0.25, 0.3) is 0 Å². The number of anilines is 2. The zero-order valence-corrected chi connectivity index (χ0v) is 19.0. The second-order valence-corrected chi connectivity index (χ2v) is 7.63. The van der Waals surface area contributed by atoms with Crippen LogP contribution in [-0.4, -0.2) is 23.5 Å². The third-order valence-electron chi connectivity index (χ3n) is 4.49. The Labute approximate surface area is 189 Å². The molecule has 31 heavy (non-hydrogen) atoms. The van der Waals surface area contributed by atoms with E-state index >= 15 is 0 Å². The highest BCUT2D eigenvalue weighted by atomic mass is 32.1. The Balaban J connectivity index is 1.83. The highest BCUT2D eigenvalue weighted by Crippen LogP contribution is 2.16. The minimum absolute atomic E-state index is 0.0380. The lowest BCUT2D eigenvalue weighted by Gasteiger charge is -2.12. The molecular weight excluding hydrogens is 410 g/mol. The van der Waals surface area contributed by atoms with Crippen LogP contribution in [0.5, 0.6) is 5.75 Å². The number of hydrogen-bond donors (Lipinski definition) is 3. The number of nitrogens with one attached hydrogen (secondary N) is 3. The molecule has 0 atom stereocenters. The first-order valence-corrected chi connectivity index (χ1v) is 11.2. The van der Waals surface area contributed by atoms with E-state index in [0.717, 1.165) is 25.0 Å². The maximum Gasteiger partial charge on any atom is 0.257 e. The van der Waals surface area contributed by atoms with Crippen LogP contribution in [0.15, 0.2) is 48.5 Å². The van der Waals surface area contributed by atoms with Crippen molar-refractivity contribution in [3.05, 3.63) is 54.1 Å². The number of unbranched alkanes of at least 4 members (excludes halogenated alkanes) is 3. The number of amides is 2. The first-order valence-electron chi connectivity index (χ1n) is 10.8. The SMILES string of the molecule is CCCCCCOc1ccc(C(=O)NC(=S)Nc2cccc(NC(=O)CCC)c2)cc1. The molecule has 0 aliphatic heterocycles. The van der Waals surface area contributed by atoms with Crippen molar-refractivity contribution in [1.82, 2.24) is 5.32 Å². The van der Waals surface area contributed by atoms with Crippen LogP contribution in [-0.2, 0) is 4.79 Å². The summed E-state index contributed by atoms with van der Waals surface area (Å²) in [6, 6.07) is 14.2. The van der Waals surface area contributed by atoms with Gasteiger partial charge >= 0.3 is 0 Å². The van der Waals surface area contributed by atoms with Gasteiger partial charge in [0.2, 0.25) is 5.91 Å². The van der Waals surface area contributed by atoms with Gasteiger partial charge in [0.1, 0.15) is 5.75 Å². The first kappa shape index (κ1) is 24.3. The number of hydrogen-bond acceptors (Lipinski definition) is 4. The highest BCUT2D eigenvalue weighted by Gasteiger charge is 2.09. The summed E-state index contributed by atoms with van der Waals surface area (Å²) in [6.07, 6.45) is 5.85. The molecule has 0 spiro atoms. The lowest BCUT2D eigenvalue weighted by Crippen LogP contribution is -2.34. The van der Waals surface area contributed by atoms with Gasteiger partial charge in [-0.3, -0.25) is 14.9 Å². The number of thiocarbonyl (C=S) groups is 1. The second kappa shape index (κ2) is 13.4. The Hall–Kier alpha value is -2.93. The summed E-state index contributed by atoms with van der Waals surface area (Å²) in [5, 5.41) is 8.64. The van der Waals surface area contributed by atoms with Crippen molar-refractivity contribution in [3.8, 4) is 5.75 Å². The minimum atomic E-state index is -0.306. The van der Waals surface area contributed by atoms with Gasteiger partial charge in [-0.2, -0.15) is 0 Å². The Morgan fingerprint density at radius 2 is 1.61 bits per heavy atom. The molecular formula is C24H31N3O3S. The second-order valence-electron chi connectivity index (χ2n) is 7.22. The van der Waals surface area contributed by atoms with Crippen LogP contribution in [0, 0.1) is 0 Å². The molecule has 0 radical (unpaired) electrons. The van der Waals surface area contributed by atoms with Gasteiger partial charge in [0.25, 0.3) is 5.91 Å². The predicted molar refractivity (Wildman–Crippen MR) is 130 cm³/mol. The van der Waals surface area contributed by atoms with E-state index in [0.29, 0.717) is 30.0 Å². The van der Waals surface area contributed by atoms with Crippen molar-refractivity contribution in [3.63, 3.8) is 0 Å². The average molecular weight is 442 g/mol. The summed E-state index contributed by atoms with van der Waals surface area (Å²) in [4.78, 5) is 24.2. The highest BCUT2D eigenvalue weighted by molar-refractivity contribution is 7.80. The molecule has 0 aliphatic carbocycles. The zero-order valence-electron chi connectivity index (χ0n) is 18.2. The number of ether oxygens (including phenoxy) is 1. The van der Waals surface area contributed by atoms with Gasteiger partial charge in [0, 0.05) is 23.4 Å². The van der Waals surface area contributed by atoms with E-state index in [1.165, 1.54) is 12.8 Å². The van der Waals surface area contributed by atoms with Crippen LogP contribution in [0.3, 0.4) is 0 Å². The molecule has 2 rings (SSSR count). The lowest BCUT2D eigenvalue weighted by molar-refractivity contribution is -0.116. The Morgan fingerprint density at radius 1 is 0.903 bits per heavy atom. The van der Waals surface area contributed by atoms with Gasteiger partial charge in [0.15, 0.2) is 5.11 Å². The predicted octanol–water partition coefficient (Wildman–Crippen LogP) is 5.51. The summed E-state index contributed by atoms with van der Waals surface area (Å²) >= 11 is 5.25. The van der Waals surface area contributed by atoms with Crippen molar-refractivity contribution < 1.29 is 14.3 Å². The minimum Gasteiger partial charge on any atom is -0.494 e. The maximum atomic E-state index is 12.4. The van der Waals surface area contributed by atoms with Crippen molar-refractivity contribution in [1.29, 1.82) is 0 Å². The largest absolute Gasteiger partial charge is 0.494 e. The standard InChI is InChI=1S/C24H31N3O3S/c1-3-5-6-7-16-30-21-14-12-18(13-15-21)23(29)27-24(31)26-20-11-8-10-19(17-20)25-22(28)9-4-2/h8,10-15,17H,3-7,9,16H2,1-2H3,(H,25,28)(H2,26,27,29,31). The van der Waals surface area contributed by atoms with Crippen molar-refractivity contribution in [2.45, 2.75) is 52.4 Å². The molecule has 0 aliphatic rings. The van der Waals surface area contributed by atoms with Gasteiger partial charge < -0.3 is 15.4 Å². The van der Waals surface area contributed by atoms with Crippen LogP contribution >= 0.6 is 12.2 Å². The lowest BCUT2D eigenvalue weighted by atomic mass is 10.2. The summed E-state index contributed by atoms with van der Waals surface area (Å²) in [7, 11) is 0. The molecule has 0 saturated heterocycles. The van der Waals surface area contributed by atoms with Crippen LogP contribution < -0.4 is 20.7 Å². The molecule has 6 nitrogen and oxygen atoms in total.